The minimum Gasteiger partial charge on any atom is -0.338 e. The molecule has 0 saturated carbocycles. The van der Waals surface area contributed by atoms with Gasteiger partial charge in [-0.3, -0.25) is 14.5 Å². The molecule has 8 heteroatoms. The molecule has 0 aliphatic carbocycles. The van der Waals surface area contributed by atoms with Gasteiger partial charge in [0.25, 0.3) is 5.56 Å². The molecule has 3 aromatic rings. The first-order valence-electron chi connectivity index (χ1n) is 11.0. The van der Waals surface area contributed by atoms with E-state index in [1.165, 1.54) is 4.68 Å². The zero-order valence-electron chi connectivity index (χ0n) is 18.7. The van der Waals surface area contributed by atoms with E-state index in [-0.39, 0.29) is 11.5 Å². The first-order chi connectivity index (χ1) is 14.9. The molecule has 8 nitrogen and oxygen atoms in total. The Labute approximate surface area is 182 Å². The van der Waals surface area contributed by atoms with Crippen molar-refractivity contribution in [3.63, 3.8) is 0 Å². The Kier molecular flexibility index (Phi) is 5.91. The molecule has 1 unspecified atom stereocenters. The number of fused-ring (bicyclic) bond motifs is 1. The zero-order chi connectivity index (χ0) is 22.1. The number of para-hydroxylation sites is 1. The van der Waals surface area contributed by atoms with Crippen molar-refractivity contribution in [1.82, 2.24) is 29.4 Å². The quantitative estimate of drug-likeness (QED) is 0.631. The van der Waals surface area contributed by atoms with Crippen LogP contribution in [0.1, 0.15) is 37.7 Å². The molecule has 1 fully saturated rings. The third kappa shape index (κ3) is 3.87. The van der Waals surface area contributed by atoms with Crippen LogP contribution in [0.5, 0.6) is 0 Å². The fourth-order valence-corrected chi connectivity index (χ4v) is 4.34. The standard InChI is InChI=1S/C23H30N6O2/c1-5-11-26-12-14-27(15-13-26)22(30)18(4)29-23(31)20-17(3)28(19-9-7-6-8-10-19)25-21(20)16(2)24-29/h6-10,18H,5,11-15H2,1-4H3. The highest BCUT2D eigenvalue weighted by atomic mass is 16.2. The zero-order valence-corrected chi connectivity index (χ0v) is 18.7. The van der Waals surface area contributed by atoms with Gasteiger partial charge in [0.15, 0.2) is 0 Å². The lowest BCUT2D eigenvalue weighted by Crippen LogP contribution is -2.51. The van der Waals surface area contributed by atoms with Crippen LogP contribution in [-0.2, 0) is 4.79 Å². The van der Waals surface area contributed by atoms with E-state index in [1.807, 2.05) is 49.1 Å². The van der Waals surface area contributed by atoms with Crippen LogP contribution in [0.15, 0.2) is 35.1 Å². The van der Waals surface area contributed by atoms with Crippen LogP contribution in [0, 0.1) is 13.8 Å². The number of piperazine rings is 1. The molecule has 31 heavy (non-hydrogen) atoms. The summed E-state index contributed by atoms with van der Waals surface area (Å²) in [5, 5.41) is 9.64. The molecule has 3 heterocycles. The van der Waals surface area contributed by atoms with Crippen LogP contribution < -0.4 is 5.56 Å². The van der Waals surface area contributed by atoms with Crippen molar-refractivity contribution in [3.05, 3.63) is 52.1 Å². The van der Waals surface area contributed by atoms with Gasteiger partial charge in [0.2, 0.25) is 5.91 Å². The molecule has 1 aliphatic rings. The summed E-state index contributed by atoms with van der Waals surface area (Å²) >= 11 is 0. The lowest BCUT2D eigenvalue weighted by atomic mass is 10.2. The number of amides is 1. The van der Waals surface area contributed by atoms with Crippen LogP contribution in [0.3, 0.4) is 0 Å². The number of aromatic nitrogens is 4. The number of aryl methyl sites for hydroxylation is 2. The lowest BCUT2D eigenvalue weighted by Gasteiger charge is -2.35. The number of carbonyl (C=O) groups excluding carboxylic acids is 1. The Hall–Kier alpha value is -3.00. The fourth-order valence-electron chi connectivity index (χ4n) is 4.34. The van der Waals surface area contributed by atoms with Crippen molar-refractivity contribution in [3.8, 4) is 5.69 Å². The van der Waals surface area contributed by atoms with Gasteiger partial charge < -0.3 is 4.90 Å². The molecule has 1 saturated heterocycles. The third-order valence-corrected chi connectivity index (χ3v) is 6.09. The second-order valence-electron chi connectivity index (χ2n) is 8.23. The molecular weight excluding hydrogens is 392 g/mol. The molecule has 1 atom stereocenters. The predicted molar refractivity (Wildman–Crippen MR) is 121 cm³/mol. The average molecular weight is 423 g/mol. The van der Waals surface area contributed by atoms with E-state index in [0.29, 0.717) is 29.7 Å². The smallest absolute Gasteiger partial charge is 0.278 e. The first kappa shape index (κ1) is 21.2. The van der Waals surface area contributed by atoms with Gasteiger partial charge in [-0.15, -0.1) is 0 Å². The van der Waals surface area contributed by atoms with Gasteiger partial charge in [0.05, 0.1) is 22.5 Å². The van der Waals surface area contributed by atoms with Gasteiger partial charge >= 0.3 is 0 Å². The molecule has 1 aliphatic heterocycles. The second-order valence-corrected chi connectivity index (χ2v) is 8.23. The molecule has 1 amide bonds. The highest BCUT2D eigenvalue weighted by molar-refractivity contribution is 5.84. The van der Waals surface area contributed by atoms with Crippen LogP contribution in [0.2, 0.25) is 0 Å². The monoisotopic (exact) mass is 422 g/mol. The number of hydrogen-bond acceptors (Lipinski definition) is 5. The van der Waals surface area contributed by atoms with Crippen molar-refractivity contribution in [2.75, 3.05) is 32.7 Å². The molecule has 1 aromatic carbocycles. The van der Waals surface area contributed by atoms with Gasteiger partial charge in [-0.1, -0.05) is 25.1 Å². The number of rotatable bonds is 5. The van der Waals surface area contributed by atoms with Crippen LogP contribution in [0.25, 0.3) is 16.6 Å². The Morgan fingerprint density at radius 1 is 1.06 bits per heavy atom. The van der Waals surface area contributed by atoms with Crippen molar-refractivity contribution < 1.29 is 4.79 Å². The summed E-state index contributed by atoms with van der Waals surface area (Å²) in [5.74, 6) is -0.0578. The molecule has 4 rings (SSSR count). The minimum atomic E-state index is -0.659. The lowest BCUT2D eigenvalue weighted by molar-refractivity contribution is -0.136. The average Bonchev–Trinajstić information content (AvgIpc) is 3.14. The van der Waals surface area contributed by atoms with E-state index in [9.17, 15) is 9.59 Å². The topological polar surface area (TPSA) is 76.3 Å². The first-order valence-corrected chi connectivity index (χ1v) is 11.0. The largest absolute Gasteiger partial charge is 0.338 e. The normalized spacial score (nSPS) is 16.1. The summed E-state index contributed by atoms with van der Waals surface area (Å²) in [6.07, 6.45) is 1.11. The SMILES string of the molecule is CCCN1CCN(C(=O)C(C)n2nc(C)c3nn(-c4ccccc4)c(C)c3c2=O)CC1. The molecule has 0 bridgehead atoms. The number of nitrogens with zero attached hydrogens (tertiary/aromatic N) is 6. The van der Waals surface area contributed by atoms with Crippen molar-refractivity contribution in [2.45, 2.75) is 40.2 Å². The molecular formula is C23H30N6O2. The summed E-state index contributed by atoms with van der Waals surface area (Å²) in [4.78, 5) is 30.8. The highest BCUT2D eigenvalue weighted by Crippen LogP contribution is 2.21. The number of hydrogen-bond donors (Lipinski definition) is 0. The molecule has 0 radical (unpaired) electrons. The Bertz CT molecular complexity index is 1140. The second kappa shape index (κ2) is 8.63. The fraction of sp³-hybridized carbons (Fsp3) is 0.478. The maximum Gasteiger partial charge on any atom is 0.278 e. The minimum absolute atomic E-state index is 0.0578. The summed E-state index contributed by atoms with van der Waals surface area (Å²) in [7, 11) is 0. The summed E-state index contributed by atoms with van der Waals surface area (Å²) in [6.45, 7) is 11.8. The Morgan fingerprint density at radius 3 is 2.39 bits per heavy atom. The summed E-state index contributed by atoms with van der Waals surface area (Å²) < 4.78 is 3.10. The number of benzene rings is 1. The van der Waals surface area contributed by atoms with Crippen LogP contribution >= 0.6 is 0 Å². The van der Waals surface area contributed by atoms with E-state index in [2.05, 4.69) is 22.0 Å². The van der Waals surface area contributed by atoms with Crippen molar-refractivity contribution >= 4 is 16.8 Å². The third-order valence-electron chi connectivity index (χ3n) is 6.09. The summed E-state index contributed by atoms with van der Waals surface area (Å²) in [5.41, 5.74) is 2.58. The number of carbonyl (C=O) groups is 1. The van der Waals surface area contributed by atoms with Crippen molar-refractivity contribution in [2.24, 2.45) is 0 Å². The van der Waals surface area contributed by atoms with Gasteiger partial charge in [0.1, 0.15) is 11.6 Å². The van der Waals surface area contributed by atoms with Crippen LogP contribution in [0.4, 0.5) is 0 Å². The van der Waals surface area contributed by atoms with E-state index < -0.39 is 6.04 Å². The highest BCUT2D eigenvalue weighted by Gasteiger charge is 2.28. The van der Waals surface area contributed by atoms with Gasteiger partial charge in [-0.2, -0.15) is 10.2 Å². The maximum absolute atomic E-state index is 13.4. The molecule has 0 spiro atoms. The van der Waals surface area contributed by atoms with E-state index >= 15 is 0 Å². The molecule has 164 valence electrons. The maximum atomic E-state index is 13.4. The Morgan fingerprint density at radius 2 is 1.74 bits per heavy atom. The molecule has 0 N–H and O–H groups in total. The predicted octanol–water partition coefficient (Wildman–Crippen LogP) is 2.31. The van der Waals surface area contributed by atoms with Gasteiger partial charge in [-0.05, 0) is 45.9 Å². The van der Waals surface area contributed by atoms with E-state index in [1.54, 1.807) is 11.6 Å². The van der Waals surface area contributed by atoms with Crippen molar-refractivity contribution in [1.29, 1.82) is 0 Å². The summed E-state index contributed by atoms with van der Waals surface area (Å²) in [6, 6.07) is 9.05. The Balaban J connectivity index is 1.67. The van der Waals surface area contributed by atoms with Crippen LogP contribution in [-0.4, -0.2) is 68.0 Å². The molecule has 2 aromatic heterocycles. The van der Waals surface area contributed by atoms with Gasteiger partial charge in [0, 0.05) is 26.2 Å². The van der Waals surface area contributed by atoms with Gasteiger partial charge in [-0.25, -0.2) is 9.36 Å². The van der Waals surface area contributed by atoms with E-state index in [4.69, 9.17) is 0 Å². The van der Waals surface area contributed by atoms with E-state index in [0.717, 1.165) is 37.4 Å².